The third kappa shape index (κ3) is 9.65. The molecule has 0 N–H and O–H groups in total. The minimum Gasteiger partial charge on any atom is -0.428 e. The van der Waals surface area contributed by atoms with E-state index in [0.717, 1.165) is 38.5 Å². The van der Waals surface area contributed by atoms with Crippen molar-refractivity contribution in [2.24, 2.45) is 23.7 Å². The number of rotatable bonds is 12. The van der Waals surface area contributed by atoms with Crippen LogP contribution < -0.4 is 0 Å². The molecule has 4 atom stereocenters. The summed E-state index contributed by atoms with van der Waals surface area (Å²) in [7, 11) is 0. The molecule has 0 saturated heterocycles. The average Bonchev–Trinajstić information content (AvgIpc) is 2.65. The van der Waals surface area contributed by atoms with E-state index in [1.807, 2.05) is 27.7 Å². The molecule has 0 spiro atoms. The van der Waals surface area contributed by atoms with Gasteiger partial charge in [0.1, 0.15) is 12.2 Å². The van der Waals surface area contributed by atoms with Crippen LogP contribution in [0.15, 0.2) is 0 Å². The molecule has 0 aromatic rings. The number of hydrogen-bond acceptors (Lipinski definition) is 6. The van der Waals surface area contributed by atoms with Gasteiger partial charge < -0.3 is 9.47 Å². The van der Waals surface area contributed by atoms with Crippen LogP contribution in [0.4, 0.5) is 9.59 Å². The molecule has 0 amide bonds. The van der Waals surface area contributed by atoms with Gasteiger partial charge in [0.2, 0.25) is 0 Å². The summed E-state index contributed by atoms with van der Waals surface area (Å²) in [4.78, 5) is 33.2. The zero-order valence-electron chi connectivity index (χ0n) is 19.2. The first-order valence-corrected chi connectivity index (χ1v) is 11.0. The highest BCUT2D eigenvalue weighted by molar-refractivity contribution is 5.63. The van der Waals surface area contributed by atoms with Gasteiger partial charge in [-0.3, -0.25) is 0 Å². The lowest BCUT2D eigenvalue weighted by Gasteiger charge is -2.29. The predicted molar refractivity (Wildman–Crippen MR) is 110 cm³/mol. The van der Waals surface area contributed by atoms with Crippen LogP contribution in [0.25, 0.3) is 0 Å². The second-order valence-electron chi connectivity index (χ2n) is 8.23. The Bertz CT molecular complexity index is 395. The van der Waals surface area contributed by atoms with Gasteiger partial charge in [-0.1, -0.05) is 68.2 Å². The molecule has 0 radical (unpaired) electrons. The van der Waals surface area contributed by atoms with Crippen molar-refractivity contribution in [3.63, 3.8) is 0 Å². The van der Waals surface area contributed by atoms with Crippen molar-refractivity contribution in [1.29, 1.82) is 0 Å². The summed E-state index contributed by atoms with van der Waals surface area (Å²) in [6, 6.07) is 0. The molecule has 0 aliphatic carbocycles. The maximum atomic E-state index is 12.0. The molecule has 0 aromatic carbocycles. The monoisotopic (exact) mass is 402 g/mol. The molecule has 166 valence electrons. The first-order valence-electron chi connectivity index (χ1n) is 11.0. The molecule has 6 heteroatoms. The van der Waals surface area contributed by atoms with Crippen LogP contribution in [0.1, 0.15) is 93.9 Å². The number of ether oxygens (including phenoxy) is 2. The van der Waals surface area contributed by atoms with Gasteiger partial charge in [0.15, 0.2) is 0 Å². The highest BCUT2D eigenvalue weighted by atomic mass is 17.3. The Hall–Kier alpha value is -1.46. The van der Waals surface area contributed by atoms with Crippen molar-refractivity contribution in [1.82, 2.24) is 0 Å². The lowest BCUT2D eigenvalue weighted by molar-refractivity contribution is -0.231. The Kier molecular flexibility index (Phi) is 13.8. The SMILES string of the molecule is CCCC(CC)C(OC(=O)OOC(=O)OC(C(C)C)C(CC)CCC)C(C)C. The molecule has 0 rings (SSSR count). The van der Waals surface area contributed by atoms with E-state index < -0.39 is 12.3 Å². The lowest BCUT2D eigenvalue weighted by atomic mass is 9.87. The molecule has 0 aliphatic heterocycles. The molecule has 0 saturated carbocycles. The van der Waals surface area contributed by atoms with E-state index in [9.17, 15) is 9.59 Å². The maximum absolute atomic E-state index is 12.0. The lowest BCUT2D eigenvalue weighted by Crippen LogP contribution is -2.34. The zero-order chi connectivity index (χ0) is 21.7. The molecule has 0 aromatic heterocycles. The summed E-state index contributed by atoms with van der Waals surface area (Å²) < 4.78 is 10.9. The van der Waals surface area contributed by atoms with Crippen LogP contribution in [0.2, 0.25) is 0 Å². The van der Waals surface area contributed by atoms with Gasteiger partial charge in [-0.2, -0.15) is 19.4 Å². The first-order chi connectivity index (χ1) is 13.2. The molecule has 28 heavy (non-hydrogen) atoms. The fourth-order valence-corrected chi connectivity index (χ4v) is 3.83. The molecular formula is C22H42O6. The third-order valence-corrected chi connectivity index (χ3v) is 5.25. The molecule has 4 unspecified atom stereocenters. The Balaban J connectivity index is 4.71. The third-order valence-electron chi connectivity index (χ3n) is 5.25. The number of hydrogen-bond donors (Lipinski definition) is 0. The van der Waals surface area contributed by atoms with Gasteiger partial charge >= 0.3 is 12.3 Å². The Labute approximate surface area is 171 Å². The molecule has 0 aliphatic rings. The minimum atomic E-state index is -1.01. The van der Waals surface area contributed by atoms with Gasteiger partial charge in [-0.05, 0) is 49.4 Å². The summed E-state index contributed by atoms with van der Waals surface area (Å²) in [5.41, 5.74) is 0. The summed E-state index contributed by atoms with van der Waals surface area (Å²) in [5.74, 6) is 0.768. The number of carbonyl (C=O) groups excluding carboxylic acids is 2. The smallest absolute Gasteiger partial charge is 0.428 e. The van der Waals surface area contributed by atoms with E-state index in [1.165, 1.54) is 0 Å². The van der Waals surface area contributed by atoms with Crippen molar-refractivity contribution >= 4 is 12.3 Å². The van der Waals surface area contributed by atoms with Crippen molar-refractivity contribution in [3.05, 3.63) is 0 Å². The summed E-state index contributed by atoms with van der Waals surface area (Å²) in [6.45, 7) is 16.3. The molecular weight excluding hydrogens is 360 g/mol. The van der Waals surface area contributed by atoms with Gasteiger partial charge in [-0.25, -0.2) is 0 Å². The standard InChI is InChI=1S/C22H42O6/c1-9-13-17(11-3)19(15(5)6)25-21(23)27-28-22(24)26-20(16(7)8)18(12-4)14-10-2/h15-20H,9-14H2,1-8H3. The Morgan fingerprint density at radius 1 is 0.643 bits per heavy atom. The van der Waals surface area contributed by atoms with Crippen molar-refractivity contribution in [3.8, 4) is 0 Å². The fraction of sp³-hybridized carbons (Fsp3) is 0.909. The molecule has 0 bridgehead atoms. The van der Waals surface area contributed by atoms with Crippen molar-refractivity contribution in [2.75, 3.05) is 0 Å². The molecule has 0 fully saturated rings. The maximum Gasteiger partial charge on any atom is 0.550 e. The summed E-state index contributed by atoms with van der Waals surface area (Å²) in [5, 5.41) is 0. The van der Waals surface area contributed by atoms with Gasteiger partial charge in [0, 0.05) is 0 Å². The minimum absolute atomic E-state index is 0.140. The molecule has 6 nitrogen and oxygen atoms in total. The number of carbonyl (C=O) groups is 2. The summed E-state index contributed by atoms with van der Waals surface area (Å²) >= 11 is 0. The van der Waals surface area contributed by atoms with Crippen LogP contribution in [-0.4, -0.2) is 24.5 Å². The predicted octanol–water partition coefficient (Wildman–Crippen LogP) is 6.91. The second-order valence-corrected chi connectivity index (χ2v) is 8.23. The van der Waals surface area contributed by atoms with Crippen LogP contribution in [0.3, 0.4) is 0 Å². The van der Waals surface area contributed by atoms with Gasteiger partial charge in [0.25, 0.3) is 0 Å². The highest BCUT2D eigenvalue weighted by Crippen LogP contribution is 2.26. The van der Waals surface area contributed by atoms with Crippen molar-refractivity contribution < 1.29 is 28.8 Å². The van der Waals surface area contributed by atoms with Crippen LogP contribution in [0, 0.1) is 23.7 Å². The summed E-state index contributed by atoms with van der Waals surface area (Å²) in [6.07, 6.45) is 3.16. The second kappa shape index (κ2) is 14.5. The quantitative estimate of drug-likeness (QED) is 0.201. The van der Waals surface area contributed by atoms with Gasteiger partial charge in [-0.15, -0.1) is 0 Å². The normalized spacial score (nSPS) is 15.6. The van der Waals surface area contributed by atoms with Gasteiger partial charge in [0.05, 0.1) is 0 Å². The van der Waals surface area contributed by atoms with Crippen molar-refractivity contribution in [2.45, 2.75) is 106 Å². The van der Waals surface area contributed by atoms with E-state index in [-0.39, 0.29) is 35.9 Å². The highest BCUT2D eigenvalue weighted by Gasteiger charge is 2.30. The van der Waals surface area contributed by atoms with Crippen LogP contribution in [0.5, 0.6) is 0 Å². The largest absolute Gasteiger partial charge is 0.550 e. The van der Waals surface area contributed by atoms with E-state index in [2.05, 4.69) is 37.5 Å². The van der Waals surface area contributed by atoms with E-state index >= 15 is 0 Å². The van der Waals surface area contributed by atoms with Crippen LogP contribution >= 0.6 is 0 Å². The molecule has 0 heterocycles. The van der Waals surface area contributed by atoms with E-state index in [1.54, 1.807) is 0 Å². The van der Waals surface area contributed by atoms with E-state index in [4.69, 9.17) is 9.47 Å². The topological polar surface area (TPSA) is 71.1 Å². The first kappa shape index (κ1) is 26.5. The van der Waals surface area contributed by atoms with Crippen LogP contribution in [-0.2, 0) is 19.2 Å². The Morgan fingerprint density at radius 3 is 1.18 bits per heavy atom. The zero-order valence-corrected chi connectivity index (χ0v) is 19.2. The fourth-order valence-electron chi connectivity index (χ4n) is 3.83. The Morgan fingerprint density at radius 2 is 0.964 bits per heavy atom. The van der Waals surface area contributed by atoms with E-state index in [0.29, 0.717) is 0 Å². The average molecular weight is 403 g/mol.